The average molecular weight is 363 g/mol. The van der Waals surface area contributed by atoms with Crippen LogP contribution in [0, 0.1) is 6.92 Å². The van der Waals surface area contributed by atoms with Crippen molar-refractivity contribution in [2.75, 3.05) is 0 Å². The van der Waals surface area contributed by atoms with Crippen LogP contribution in [0.3, 0.4) is 0 Å². The van der Waals surface area contributed by atoms with Crippen LogP contribution >= 0.6 is 0 Å². The SMILES string of the molecule is Cc1ccc(S(=O)(=O)NNC(=O)C(OC(N)=O)c2ccccc2)cc1. The Balaban J connectivity index is 2.13. The summed E-state index contributed by atoms with van der Waals surface area (Å²) >= 11 is 0. The third kappa shape index (κ3) is 5.03. The van der Waals surface area contributed by atoms with Gasteiger partial charge in [-0.15, -0.1) is 4.83 Å². The van der Waals surface area contributed by atoms with Gasteiger partial charge in [-0.1, -0.05) is 48.0 Å². The molecule has 9 heteroatoms. The van der Waals surface area contributed by atoms with Crippen molar-refractivity contribution in [1.82, 2.24) is 10.3 Å². The molecule has 4 N–H and O–H groups in total. The smallest absolute Gasteiger partial charge is 0.405 e. The lowest BCUT2D eigenvalue weighted by molar-refractivity contribution is -0.130. The number of hydrogen-bond donors (Lipinski definition) is 3. The molecule has 0 saturated carbocycles. The maximum absolute atomic E-state index is 12.2. The molecule has 2 aromatic rings. The molecule has 2 aromatic carbocycles. The Morgan fingerprint density at radius 1 is 1.04 bits per heavy atom. The van der Waals surface area contributed by atoms with Gasteiger partial charge in [-0.2, -0.15) is 0 Å². The molecule has 1 unspecified atom stereocenters. The molecule has 0 aliphatic carbocycles. The summed E-state index contributed by atoms with van der Waals surface area (Å²) in [7, 11) is -3.97. The second kappa shape index (κ2) is 7.77. The maximum atomic E-state index is 12.2. The molecule has 1 atom stereocenters. The molecule has 0 aromatic heterocycles. The summed E-state index contributed by atoms with van der Waals surface area (Å²) in [5, 5.41) is 0. The Bertz CT molecular complexity index is 851. The first-order valence-corrected chi connectivity index (χ1v) is 8.67. The number of carbonyl (C=O) groups is 2. The van der Waals surface area contributed by atoms with Crippen LogP contribution in [-0.4, -0.2) is 20.4 Å². The van der Waals surface area contributed by atoms with E-state index in [2.05, 4.69) is 0 Å². The van der Waals surface area contributed by atoms with Crippen LogP contribution in [0.1, 0.15) is 17.2 Å². The van der Waals surface area contributed by atoms with E-state index in [-0.39, 0.29) is 4.90 Å². The summed E-state index contributed by atoms with van der Waals surface area (Å²) in [6, 6.07) is 14.1. The van der Waals surface area contributed by atoms with Crippen LogP contribution in [0.25, 0.3) is 0 Å². The zero-order chi connectivity index (χ0) is 18.4. The van der Waals surface area contributed by atoms with Crippen LogP contribution in [0.5, 0.6) is 0 Å². The molecule has 0 bridgehead atoms. The lowest BCUT2D eigenvalue weighted by Gasteiger charge is -2.17. The number of nitrogens with one attached hydrogen (secondary N) is 2. The van der Waals surface area contributed by atoms with Crippen molar-refractivity contribution in [3.8, 4) is 0 Å². The van der Waals surface area contributed by atoms with Gasteiger partial charge in [0, 0.05) is 5.56 Å². The van der Waals surface area contributed by atoms with Gasteiger partial charge >= 0.3 is 6.09 Å². The number of ether oxygens (including phenoxy) is 1. The number of rotatable bonds is 6. The Hall–Kier alpha value is -2.91. The Kier molecular flexibility index (Phi) is 5.73. The molecule has 132 valence electrons. The van der Waals surface area contributed by atoms with Gasteiger partial charge in [-0.25, -0.2) is 13.2 Å². The van der Waals surface area contributed by atoms with E-state index < -0.39 is 28.1 Å². The van der Waals surface area contributed by atoms with Crippen molar-refractivity contribution in [2.24, 2.45) is 5.73 Å². The van der Waals surface area contributed by atoms with Crippen molar-refractivity contribution in [3.05, 3.63) is 65.7 Å². The summed E-state index contributed by atoms with van der Waals surface area (Å²) in [5.41, 5.74) is 8.24. The predicted octanol–water partition coefficient (Wildman–Crippen LogP) is 1.14. The number of sulfonamides is 1. The van der Waals surface area contributed by atoms with Gasteiger partial charge in [0.25, 0.3) is 15.9 Å². The minimum atomic E-state index is -3.97. The lowest BCUT2D eigenvalue weighted by atomic mass is 10.1. The predicted molar refractivity (Wildman–Crippen MR) is 89.5 cm³/mol. The summed E-state index contributed by atoms with van der Waals surface area (Å²) in [6.07, 6.45) is -2.55. The van der Waals surface area contributed by atoms with Crippen LogP contribution < -0.4 is 16.0 Å². The number of hydrogen-bond acceptors (Lipinski definition) is 5. The molecular formula is C16H17N3O5S. The van der Waals surface area contributed by atoms with Gasteiger partial charge < -0.3 is 10.5 Å². The highest BCUT2D eigenvalue weighted by molar-refractivity contribution is 7.89. The third-order valence-electron chi connectivity index (χ3n) is 3.21. The largest absolute Gasteiger partial charge is 0.431 e. The maximum Gasteiger partial charge on any atom is 0.405 e. The standard InChI is InChI=1S/C16H17N3O5S/c1-11-7-9-13(10-8-11)25(22,23)19-18-15(20)14(24-16(17)21)12-5-3-2-4-6-12/h2-10,14,19H,1H3,(H2,17,21)(H,18,20). The van der Waals surface area contributed by atoms with Crippen molar-refractivity contribution >= 4 is 22.0 Å². The quantitative estimate of drug-likeness (QED) is 0.663. The minimum absolute atomic E-state index is 0.0227. The molecule has 8 nitrogen and oxygen atoms in total. The van der Waals surface area contributed by atoms with E-state index in [4.69, 9.17) is 10.5 Å². The number of primary amides is 1. The van der Waals surface area contributed by atoms with E-state index in [0.29, 0.717) is 5.56 Å². The summed E-state index contributed by atoms with van der Waals surface area (Å²) in [6.45, 7) is 1.82. The number of amides is 2. The fourth-order valence-electron chi connectivity index (χ4n) is 1.98. The van der Waals surface area contributed by atoms with E-state index in [1.165, 1.54) is 12.1 Å². The molecule has 0 aliphatic heterocycles. The summed E-state index contributed by atoms with van der Waals surface area (Å²) in [5.74, 6) is -0.888. The molecule has 0 saturated heterocycles. The molecular weight excluding hydrogens is 346 g/mol. The Labute approximate surface area is 145 Å². The van der Waals surface area contributed by atoms with E-state index in [1.807, 2.05) is 17.2 Å². The zero-order valence-corrected chi connectivity index (χ0v) is 14.1. The van der Waals surface area contributed by atoms with Crippen LogP contribution in [-0.2, 0) is 19.6 Å². The molecule has 25 heavy (non-hydrogen) atoms. The lowest BCUT2D eigenvalue weighted by Crippen LogP contribution is -2.45. The molecule has 0 spiro atoms. The van der Waals surface area contributed by atoms with Gasteiger partial charge in [-0.05, 0) is 19.1 Å². The summed E-state index contributed by atoms with van der Waals surface area (Å²) in [4.78, 5) is 25.2. The molecule has 0 aliphatic rings. The van der Waals surface area contributed by atoms with Gasteiger partial charge in [0.2, 0.25) is 6.10 Å². The highest BCUT2D eigenvalue weighted by Crippen LogP contribution is 2.17. The van der Waals surface area contributed by atoms with Gasteiger partial charge in [0.1, 0.15) is 0 Å². The Morgan fingerprint density at radius 3 is 2.20 bits per heavy atom. The highest BCUT2D eigenvalue weighted by atomic mass is 32.2. The number of nitrogens with two attached hydrogens (primary N) is 1. The Morgan fingerprint density at radius 2 is 1.64 bits per heavy atom. The number of benzene rings is 2. The average Bonchev–Trinajstić information content (AvgIpc) is 2.58. The molecule has 0 radical (unpaired) electrons. The van der Waals surface area contributed by atoms with E-state index in [1.54, 1.807) is 42.5 Å². The first kappa shape index (κ1) is 18.4. The monoisotopic (exact) mass is 363 g/mol. The van der Waals surface area contributed by atoms with Crippen LogP contribution in [0.2, 0.25) is 0 Å². The van der Waals surface area contributed by atoms with E-state index >= 15 is 0 Å². The zero-order valence-electron chi connectivity index (χ0n) is 13.3. The fourth-order valence-corrected chi connectivity index (χ4v) is 2.82. The molecule has 0 fully saturated rings. The number of aryl methyl sites for hydroxylation is 1. The van der Waals surface area contributed by atoms with Gasteiger partial charge in [-0.3, -0.25) is 10.2 Å². The van der Waals surface area contributed by atoms with Crippen molar-refractivity contribution in [1.29, 1.82) is 0 Å². The van der Waals surface area contributed by atoms with Crippen molar-refractivity contribution < 1.29 is 22.7 Å². The topological polar surface area (TPSA) is 128 Å². The first-order valence-electron chi connectivity index (χ1n) is 7.19. The van der Waals surface area contributed by atoms with E-state index in [0.717, 1.165) is 5.56 Å². The van der Waals surface area contributed by atoms with Gasteiger partial charge in [0.05, 0.1) is 4.90 Å². The second-order valence-corrected chi connectivity index (χ2v) is 6.82. The minimum Gasteiger partial charge on any atom is -0.431 e. The van der Waals surface area contributed by atoms with E-state index in [9.17, 15) is 18.0 Å². The second-order valence-electron chi connectivity index (χ2n) is 5.14. The third-order valence-corrected chi connectivity index (χ3v) is 4.48. The molecule has 2 rings (SSSR count). The highest BCUT2D eigenvalue weighted by Gasteiger charge is 2.25. The molecule has 2 amide bonds. The summed E-state index contributed by atoms with van der Waals surface area (Å²) < 4.78 is 29.1. The van der Waals surface area contributed by atoms with Crippen LogP contribution in [0.4, 0.5) is 4.79 Å². The molecule has 0 heterocycles. The van der Waals surface area contributed by atoms with Crippen molar-refractivity contribution in [3.63, 3.8) is 0 Å². The van der Waals surface area contributed by atoms with Crippen molar-refractivity contribution in [2.45, 2.75) is 17.9 Å². The number of hydrazine groups is 1. The van der Waals surface area contributed by atoms with Crippen LogP contribution in [0.15, 0.2) is 59.5 Å². The number of carbonyl (C=O) groups excluding carboxylic acids is 2. The first-order chi connectivity index (χ1) is 11.8. The normalized spacial score (nSPS) is 12.2. The van der Waals surface area contributed by atoms with Gasteiger partial charge in [0.15, 0.2) is 0 Å². The fraction of sp³-hybridized carbons (Fsp3) is 0.125.